The monoisotopic (exact) mass is 778 g/mol. The number of nitrogens with zero attached hydrogens (tertiary/aromatic N) is 2. The van der Waals surface area contributed by atoms with Gasteiger partial charge in [-0.3, -0.25) is 28.8 Å². The third kappa shape index (κ3) is 7.78. The van der Waals surface area contributed by atoms with Crippen LogP contribution < -0.4 is 20.7 Å². The predicted molar refractivity (Wildman–Crippen MR) is 199 cm³/mol. The molecular formula is C39H47FN6O8S. The standard InChI is InChI=1S/C39H47FN6O8S/c1-38(16-17-38)55(52,53)44-36(50)39-20-26(39)12-6-4-3-5-7-15-31(42-27-13-8-10-24(18-27)33(47)41-2)35(49)46-22-28(19-32(46)34(48)43-39)54-37(51)45-21-25-11-9-14-30(40)29(25)23-45/h6,8-14,18,26,28,31-32,42H,3-5,7,15-17,19-23H2,1-2H3,(H,41,47)(H,43,48)(H,44,50)/t26?,28-,31+,32+,39-/m1/s1. The van der Waals surface area contributed by atoms with E-state index < -0.39 is 74.0 Å². The molecule has 55 heavy (non-hydrogen) atoms. The quantitative estimate of drug-likeness (QED) is 0.306. The normalized spacial score (nSPS) is 27.3. The van der Waals surface area contributed by atoms with Gasteiger partial charge in [-0.2, -0.15) is 0 Å². The number of ether oxygens (including phenoxy) is 1. The van der Waals surface area contributed by atoms with Crippen LogP contribution in [0.4, 0.5) is 14.9 Å². The molecule has 5 amide bonds. The maximum atomic E-state index is 14.6. The summed E-state index contributed by atoms with van der Waals surface area (Å²) in [6.45, 7) is 1.58. The van der Waals surface area contributed by atoms with Crippen molar-refractivity contribution in [1.82, 2.24) is 25.2 Å². The number of allylic oxidation sites excluding steroid dienone is 1. The van der Waals surface area contributed by atoms with E-state index in [2.05, 4.69) is 20.7 Å². The molecule has 0 radical (unpaired) electrons. The molecule has 1 saturated heterocycles. The summed E-state index contributed by atoms with van der Waals surface area (Å²) in [4.78, 5) is 71.4. The number of nitrogens with one attached hydrogen (secondary N) is 4. The summed E-state index contributed by atoms with van der Waals surface area (Å²) in [6.07, 6.45) is 6.36. The molecule has 2 saturated carbocycles. The zero-order chi connectivity index (χ0) is 39.1. The second-order valence-corrected chi connectivity index (χ2v) is 17.8. The van der Waals surface area contributed by atoms with Crippen LogP contribution in [0.1, 0.15) is 86.2 Å². The zero-order valence-corrected chi connectivity index (χ0v) is 31.8. The highest BCUT2D eigenvalue weighted by atomic mass is 32.2. The second-order valence-electron chi connectivity index (χ2n) is 15.6. The summed E-state index contributed by atoms with van der Waals surface area (Å²) in [6, 6.07) is 9.33. The van der Waals surface area contributed by atoms with E-state index in [4.69, 9.17) is 4.74 Å². The fraction of sp³-hybridized carbons (Fsp3) is 0.513. The fourth-order valence-electron chi connectivity index (χ4n) is 7.77. The molecule has 3 aliphatic heterocycles. The van der Waals surface area contributed by atoms with E-state index >= 15 is 0 Å². The molecule has 5 aliphatic rings. The topological polar surface area (TPSA) is 183 Å². The average molecular weight is 779 g/mol. The number of halogens is 1. The molecule has 2 aromatic rings. The minimum atomic E-state index is -4.01. The largest absolute Gasteiger partial charge is 0.444 e. The second kappa shape index (κ2) is 14.9. The molecule has 2 aromatic carbocycles. The SMILES string of the molecule is CNC(=O)c1cccc(N[C@H]2CCCCCC=CC3C[C@@]3(C(=O)NS(=O)(=O)C3(C)CC3)NC(=O)[C@@H]3C[C@@H](OC(=O)N4Cc5cccc(F)c5C4)CN3C2=O)c1. The van der Waals surface area contributed by atoms with Crippen molar-refractivity contribution < 1.29 is 41.5 Å². The molecular weight excluding hydrogens is 732 g/mol. The molecule has 0 bridgehead atoms. The van der Waals surface area contributed by atoms with Crippen LogP contribution in [0.15, 0.2) is 54.6 Å². The van der Waals surface area contributed by atoms with E-state index in [-0.39, 0.29) is 38.4 Å². The molecule has 2 aliphatic carbocycles. The number of carbonyl (C=O) groups is 5. The van der Waals surface area contributed by atoms with Gasteiger partial charge in [0.05, 0.1) is 17.8 Å². The maximum Gasteiger partial charge on any atom is 0.410 e. The van der Waals surface area contributed by atoms with Gasteiger partial charge in [0, 0.05) is 42.7 Å². The van der Waals surface area contributed by atoms with Gasteiger partial charge in [0.1, 0.15) is 29.5 Å². The number of sulfonamides is 1. The van der Waals surface area contributed by atoms with Crippen molar-refractivity contribution in [2.45, 2.75) is 106 Å². The van der Waals surface area contributed by atoms with Gasteiger partial charge in [0.15, 0.2) is 0 Å². The molecule has 3 heterocycles. The van der Waals surface area contributed by atoms with Crippen molar-refractivity contribution in [2.24, 2.45) is 5.92 Å². The number of fused-ring (bicyclic) bond motifs is 3. The van der Waals surface area contributed by atoms with Crippen molar-refractivity contribution in [3.63, 3.8) is 0 Å². The van der Waals surface area contributed by atoms with Crippen molar-refractivity contribution in [2.75, 3.05) is 18.9 Å². The maximum absolute atomic E-state index is 14.6. The van der Waals surface area contributed by atoms with Crippen LogP contribution in [0.3, 0.4) is 0 Å². The Morgan fingerprint density at radius 1 is 1.04 bits per heavy atom. The van der Waals surface area contributed by atoms with Crippen LogP contribution in [0.5, 0.6) is 0 Å². The number of anilines is 1. The highest BCUT2D eigenvalue weighted by Gasteiger charge is 2.63. The number of amides is 5. The van der Waals surface area contributed by atoms with Crippen molar-refractivity contribution in [3.8, 4) is 0 Å². The number of carbonyl (C=O) groups excluding carboxylic acids is 5. The first-order chi connectivity index (χ1) is 26.2. The number of rotatable bonds is 7. The van der Waals surface area contributed by atoms with Crippen molar-refractivity contribution in [3.05, 3.63) is 77.1 Å². The predicted octanol–water partition coefficient (Wildman–Crippen LogP) is 3.48. The van der Waals surface area contributed by atoms with Crippen LogP contribution in [0.2, 0.25) is 0 Å². The van der Waals surface area contributed by atoms with Crippen LogP contribution in [0.25, 0.3) is 0 Å². The highest BCUT2D eigenvalue weighted by molar-refractivity contribution is 7.91. The Balaban J connectivity index is 1.16. The Labute approximate surface area is 319 Å². The molecule has 7 rings (SSSR count). The molecule has 294 valence electrons. The van der Waals surface area contributed by atoms with Gasteiger partial charge >= 0.3 is 6.09 Å². The van der Waals surface area contributed by atoms with E-state index in [1.165, 1.54) is 22.9 Å². The highest BCUT2D eigenvalue weighted by Crippen LogP contribution is 2.47. The Hall–Kier alpha value is -4.99. The lowest BCUT2D eigenvalue weighted by molar-refractivity contribution is -0.140. The lowest BCUT2D eigenvalue weighted by atomic mass is 10.0. The number of benzene rings is 2. The third-order valence-corrected chi connectivity index (χ3v) is 13.8. The van der Waals surface area contributed by atoms with Gasteiger partial charge in [-0.05, 0) is 75.3 Å². The van der Waals surface area contributed by atoms with Gasteiger partial charge in [-0.1, -0.05) is 43.2 Å². The van der Waals surface area contributed by atoms with Crippen LogP contribution in [-0.4, -0.2) is 90.0 Å². The van der Waals surface area contributed by atoms with Gasteiger partial charge < -0.3 is 25.6 Å². The van der Waals surface area contributed by atoms with E-state index in [0.29, 0.717) is 54.5 Å². The lowest BCUT2D eigenvalue weighted by Gasteiger charge is -2.30. The summed E-state index contributed by atoms with van der Waals surface area (Å²) in [7, 11) is -2.49. The Bertz CT molecular complexity index is 2040. The van der Waals surface area contributed by atoms with E-state index in [9.17, 15) is 36.8 Å². The Kier molecular flexibility index (Phi) is 10.4. The van der Waals surface area contributed by atoms with Gasteiger partial charge in [0.25, 0.3) is 11.8 Å². The molecule has 14 nitrogen and oxygen atoms in total. The number of hydrogen-bond donors (Lipinski definition) is 4. The summed E-state index contributed by atoms with van der Waals surface area (Å²) in [5.41, 5.74) is 0.412. The van der Waals surface area contributed by atoms with Crippen LogP contribution >= 0.6 is 0 Å². The van der Waals surface area contributed by atoms with Crippen LogP contribution in [0, 0.1) is 11.7 Å². The molecule has 0 spiro atoms. The van der Waals surface area contributed by atoms with Gasteiger partial charge in [0.2, 0.25) is 21.8 Å². The summed E-state index contributed by atoms with van der Waals surface area (Å²) in [5, 5.41) is 8.71. The minimum Gasteiger partial charge on any atom is -0.444 e. The molecule has 1 unspecified atom stereocenters. The number of hydrogen-bond acceptors (Lipinski definition) is 9. The fourth-order valence-corrected chi connectivity index (χ4v) is 9.08. The van der Waals surface area contributed by atoms with Gasteiger partial charge in [-0.15, -0.1) is 0 Å². The van der Waals surface area contributed by atoms with Gasteiger partial charge in [-0.25, -0.2) is 17.6 Å². The summed E-state index contributed by atoms with van der Waals surface area (Å²) < 4.78 is 47.8. The first kappa shape index (κ1) is 38.3. The van der Waals surface area contributed by atoms with Crippen molar-refractivity contribution in [1.29, 1.82) is 0 Å². The van der Waals surface area contributed by atoms with Crippen LogP contribution in [-0.2, 0) is 42.2 Å². The summed E-state index contributed by atoms with van der Waals surface area (Å²) >= 11 is 0. The first-order valence-electron chi connectivity index (χ1n) is 18.9. The average Bonchev–Trinajstić information content (AvgIpc) is 3.95. The van der Waals surface area contributed by atoms with E-state index in [0.717, 1.165) is 12.8 Å². The van der Waals surface area contributed by atoms with Crippen molar-refractivity contribution >= 4 is 45.4 Å². The minimum absolute atomic E-state index is 0.00965. The molecule has 0 aromatic heterocycles. The molecule has 4 N–H and O–H groups in total. The Morgan fingerprint density at radius 3 is 2.56 bits per heavy atom. The Morgan fingerprint density at radius 2 is 1.82 bits per heavy atom. The molecule has 16 heteroatoms. The van der Waals surface area contributed by atoms with E-state index in [1.54, 1.807) is 43.3 Å². The van der Waals surface area contributed by atoms with E-state index in [1.807, 2.05) is 12.2 Å². The summed E-state index contributed by atoms with van der Waals surface area (Å²) in [5.74, 6) is -3.15. The smallest absolute Gasteiger partial charge is 0.410 e. The molecule has 3 fully saturated rings. The molecule has 5 atom stereocenters. The zero-order valence-electron chi connectivity index (χ0n) is 30.9. The first-order valence-corrected chi connectivity index (χ1v) is 20.4. The lowest BCUT2D eigenvalue weighted by Crippen LogP contribution is -2.58. The third-order valence-electron chi connectivity index (χ3n) is 11.6.